The van der Waals surface area contributed by atoms with Crippen LogP contribution in [-0.4, -0.2) is 71.2 Å². The van der Waals surface area contributed by atoms with Crippen molar-refractivity contribution in [3.05, 3.63) is 69.7 Å². The van der Waals surface area contributed by atoms with Crippen molar-refractivity contribution < 1.29 is 14.4 Å². The first-order valence-electron chi connectivity index (χ1n) is 9.71. The SMILES string of the molecule is CN1C(=O)[C@H]2CN(C(=O)c3cc(Cl)cc(Cl)c3)CCN2C(=O)[C@@H]1Cc1ccccc1. The van der Waals surface area contributed by atoms with Gasteiger partial charge in [-0.3, -0.25) is 14.4 Å². The van der Waals surface area contributed by atoms with Crippen LogP contribution < -0.4 is 0 Å². The predicted molar refractivity (Wildman–Crippen MR) is 115 cm³/mol. The van der Waals surface area contributed by atoms with Gasteiger partial charge in [-0.15, -0.1) is 0 Å². The summed E-state index contributed by atoms with van der Waals surface area (Å²) >= 11 is 12.0. The molecule has 2 atom stereocenters. The summed E-state index contributed by atoms with van der Waals surface area (Å²) in [7, 11) is 1.66. The molecule has 2 saturated heterocycles. The summed E-state index contributed by atoms with van der Waals surface area (Å²) < 4.78 is 0. The van der Waals surface area contributed by atoms with Gasteiger partial charge in [-0.1, -0.05) is 53.5 Å². The maximum atomic E-state index is 13.1. The van der Waals surface area contributed by atoms with E-state index in [0.717, 1.165) is 5.56 Å². The summed E-state index contributed by atoms with van der Waals surface area (Å²) in [6, 6.07) is 13.1. The number of rotatable bonds is 3. The van der Waals surface area contributed by atoms with Gasteiger partial charge in [0.25, 0.3) is 5.91 Å². The highest BCUT2D eigenvalue weighted by molar-refractivity contribution is 6.35. The largest absolute Gasteiger partial charge is 0.334 e. The lowest BCUT2D eigenvalue weighted by Gasteiger charge is -2.48. The summed E-state index contributed by atoms with van der Waals surface area (Å²) in [5.41, 5.74) is 1.37. The highest BCUT2D eigenvalue weighted by Gasteiger charge is 2.47. The molecule has 2 aromatic carbocycles. The lowest BCUT2D eigenvalue weighted by atomic mass is 9.97. The summed E-state index contributed by atoms with van der Waals surface area (Å²) in [4.78, 5) is 43.9. The van der Waals surface area contributed by atoms with Gasteiger partial charge < -0.3 is 14.7 Å². The molecule has 30 heavy (non-hydrogen) atoms. The van der Waals surface area contributed by atoms with Gasteiger partial charge >= 0.3 is 0 Å². The minimum atomic E-state index is -0.679. The number of benzene rings is 2. The van der Waals surface area contributed by atoms with E-state index in [4.69, 9.17) is 23.2 Å². The Kier molecular flexibility index (Phi) is 5.71. The number of nitrogens with zero attached hydrogens (tertiary/aromatic N) is 3. The number of hydrogen-bond donors (Lipinski definition) is 0. The number of carbonyl (C=O) groups is 3. The standard InChI is InChI=1S/C22H21Cl2N3O3/c1-25-18(9-14-5-3-2-4-6-14)22(30)27-8-7-26(13-19(27)21(25)29)20(28)15-10-16(23)12-17(24)11-15/h2-6,10-12,18-19H,7-9,13H2,1H3/t18-,19+/m0/s1. The Morgan fingerprint density at radius 1 is 1.00 bits per heavy atom. The third-order valence-electron chi connectivity index (χ3n) is 5.72. The molecule has 4 rings (SSSR count). The Morgan fingerprint density at radius 3 is 2.33 bits per heavy atom. The summed E-state index contributed by atoms with van der Waals surface area (Å²) in [6.45, 7) is 0.810. The van der Waals surface area contributed by atoms with Crippen LogP contribution in [0.3, 0.4) is 0 Å². The molecule has 2 fully saturated rings. The molecule has 0 aliphatic carbocycles. The van der Waals surface area contributed by atoms with Gasteiger partial charge in [-0.2, -0.15) is 0 Å². The van der Waals surface area contributed by atoms with Crippen molar-refractivity contribution in [2.45, 2.75) is 18.5 Å². The van der Waals surface area contributed by atoms with E-state index in [0.29, 0.717) is 35.1 Å². The molecule has 3 amide bonds. The molecule has 0 unspecified atom stereocenters. The maximum Gasteiger partial charge on any atom is 0.254 e. The molecule has 156 valence electrons. The van der Waals surface area contributed by atoms with E-state index in [1.807, 2.05) is 30.3 Å². The number of amides is 3. The molecule has 6 nitrogen and oxygen atoms in total. The monoisotopic (exact) mass is 445 g/mol. The van der Waals surface area contributed by atoms with Crippen LogP contribution in [-0.2, 0) is 16.0 Å². The lowest BCUT2D eigenvalue weighted by molar-refractivity contribution is -0.163. The van der Waals surface area contributed by atoms with E-state index in [-0.39, 0.29) is 24.3 Å². The third kappa shape index (κ3) is 3.89. The molecule has 0 radical (unpaired) electrons. The van der Waals surface area contributed by atoms with Crippen LogP contribution in [0.2, 0.25) is 10.0 Å². The Labute approximate surface area is 184 Å². The van der Waals surface area contributed by atoms with Crippen LogP contribution in [0.1, 0.15) is 15.9 Å². The van der Waals surface area contributed by atoms with Gasteiger partial charge in [0.1, 0.15) is 12.1 Å². The molecule has 2 heterocycles. The van der Waals surface area contributed by atoms with Gasteiger partial charge in [0.15, 0.2) is 0 Å². The van der Waals surface area contributed by atoms with Crippen LogP contribution in [0.15, 0.2) is 48.5 Å². The van der Waals surface area contributed by atoms with Crippen LogP contribution in [0.25, 0.3) is 0 Å². The molecule has 0 bridgehead atoms. The zero-order valence-corrected chi connectivity index (χ0v) is 17.9. The molecule has 0 saturated carbocycles. The van der Waals surface area contributed by atoms with E-state index >= 15 is 0 Å². The first kappa shape index (κ1) is 20.7. The van der Waals surface area contributed by atoms with Crippen molar-refractivity contribution in [3.63, 3.8) is 0 Å². The van der Waals surface area contributed by atoms with Crippen molar-refractivity contribution in [1.82, 2.24) is 14.7 Å². The molecule has 2 aliphatic heterocycles. The summed E-state index contributed by atoms with van der Waals surface area (Å²) in [5, 5.41) is 0.744. The third-order valence-corrected chi connectivity index (χ3v) is 6.15. The number of halogens is 2. The fourth-order valence-corrected chi connectivity index (χ4v) is 4.64. The van der Waals surface area contributed by atoms with Crippen LogP contribution in [0, 0.1) is 0 Å². The maximum absolute atomic E-state index is 13.1. The summed E-state index contributed by atoms with van der Waals surface area (Å²) in [5.74, 6) is -0.491. The average Bonchev–Trinajstić information content (AvgIpc) is 2.74. The molecule has 0 spiro atoms. The molecule has 2 aliphatic rings. The molecular weight excluding hydrogens is 425 g/mol. The zero-order chi connectivity index (χ0) is 21.4. The predicted octanol–water partition coefficient (Wildman–Crippen LogP) is 2.73. The van der Waals surface area contributed by atoms with E-state index < -0.39 is 12.1 Å². The van der Waals surface area contributed by atoms with Gasteiger partial charge in [-0.25, -0.2) is 0 Å². The summed E-state index contributed by atoms with van der Waals surface area (Å²) in [6.07, 6.45) is 0.467. The second-order valence-electron chi connectivity index (χ2n) is 7.61. The van der Waals surface area contributed by atoms with E-state index in [1.165, 1.54) is 4.90 Å². The highest BCUT2D eigenvalue weighted by atomic mass is 35.5. The van der Waals surface area contributed by atoms with Crippen molar-refractivity contribution in [2.24, 2.45) is 0 Å². The minimum absolute atomic E-state index is 0.0798. The molecule has 0 N–H and O–H groups in total. The van der Waals surface area contributed by atoms with Crippen LogP contribution in [0.5, 0.6) is 0 Å². The second-order valence-corrected chi connectivity index (χ2v) is 8.48. The zero-order valence-electron chi connectivity index (χ0n) is 16.4. The normalized spacial score (nSPS) is 21.6. The first-order chi connectivity index (χ1) is 14.3. The topological polar surface area (TPSA) is 60.9 Å². The minimum Gasteiger partial charge on any atom is -0.334 e. The van der Waals surface area contributed by atoms with Gasteiger partial charge in [-0.05, 0) is 23.8 Å². The highest BCUT2D eigenvalue weighted by Crippen LogP contribution is 2.25. The second kappa shape index (κ2) is 8.28. The van der Waals surface area contributed by atoms with Crippen LogP contribution in [0.4, 0.5) is 0 Å². The van der Waals surface area contributed by atoms with Crippen molar-refractivity contribution >= 4 is 40.9 Å². The van der Waals surface area contributed by atoms with Crippen LogP contribution >= 0.6 is 23.2 Å². The van der Waals surface area contributed by atoms with E-state index in [2.05, 4.69) is 0 Å². The smallest absolute Gasteiger partial charge is 0.254 e. The fourth-order valence-electron chi connectivity index (χ4n) is 4.11. The Bertz CT molecular complexity index is 978. The number of fused-ring (bicyclic) bond motifs is 1. The number of carbonyl (C=O) groups excluding carboxylic acids is 3. The first-order valence-corrected chi connectivity index (χ1v) is 10.5. The van der Waals surface area contributed by atoms with Gasteiger partial charge in [0.2, 0.25) is 11.8 Å². The van der Waals surface area contributed by atoms with Crippen molar-refractivity contribution in [2.75, 3.05) is 26.7 Å². The Balaban J connectivity index is 1.52. The Hall–Kier alpha value is -2.57. The fraction of sp³-hybridized carbons (Fsp3) is 0.318. The number of hydrogen-bond acceptors (Lipinski definition) is 3. The molecule has 2 aromatic rings. The average molecular weight is 446 g/mol. The number of piperazine rings is 2. The van der Waals surface area contributed by atoms with Crippen molar-refractivity contribution in [1.29, 1.82) is 0 Å². The molecule has 0 aromatic heterocycles. The lowest BCUT2D eigenvalue weighted by Crippen LogP contribution is -2.70. The van der Waals surface area contributed by atoms with Gasteiger partial charge in [0, 0.05) is 42.2 Å². The quantitative estimate of drug-likeness (QED) is 0.729. The van der Waals surface area contributed by atoms with E-state index in [1.54, 1.807) is 35.0 Å². The van der Waals surface area contributed by atoms with Crippen molar-refractivity contribution in [3.8, 4) is 0 Å². The Morgan fingerprint density at radius 2 is 1.67 bits per heavy atom. The van der Waals surface area contributed by atoms with Gasteiger partial charge in [0.05, 0.1) is 6.54 Å². The molecular formula is C22H21Cl2N3O3. The number of likely N-dealkylation sites (N-methyl/N-ethyl adjacent to an activating group) is 1. The van der Waals surface area contributed by atoms with E-state index in [9.17, 15) is 14.4 Å². The molecule has 8 heteroatoms.